The van der Waals surface area contributed by atoms with E-state index in [1.54, 1.807) is 14.1 Å². The number of rotatable bonds is 13. The van der Waals surface area contributed by atoms with Gasteiger partial charge in [-0.3, -0.25) is 19.3 Å². The first-order valence-electron chi connectivity index (χ1n) is 15.6. The van der Waals surface area contributed by atoms with E-state index in [1.165, 1.54) is 27.8 Å². The van der Waals surface area contributed by atoms with Gasteiger partial charge in [-0.2, -0.15) is 0 Å². The van der Waals surface area contributed by atoms with Gasteiger partial charge in [0.1, 0.15) is 25.3 Å². The Bertz CT molecular complexity index is 1310. The molecule has 0 heterocycles. The maximum absolute atomic E-state index is 14.2. The predicted molar refractivity (Wildman–Crippen MR) is 169 cm³/mol. The molecule has 1 fully saturated rings. The van der Waals surface area contributed by atoms with Crippen LogP contribution >= 0.6 is 0 Å². The van der Waals surface area contributed by atoms with Gasteiger partial charge in [-0.25, -0.2) is 4.79 Å². The molecule has 2 aliphatic rings. The zero-order valence-electron chi connectivity index (χ0n) is 26.4. The summed E-state index contributed by atoms with van der Waals surface area (Å²) in [6.45, 7) is 6.14. The second kappa shape index (κ2) is 15.0. The highest BCUT2D eigenvalue weighted by Gasteiger charge is 2.42. The molecule has 1 saturated carbocycles. The van der Waals surface area contributed by atoms with Crippen molar-refractivity contribution in [2.24, 2.45) is 5.92 Å². The smallest absolute Gasteiger partial charge is 0.410 e. The molecule has 2 aromatic carbocycles. The molecule has 2 aromatic rings. The van der Waals surface area contributed by atoms with Crippen molar-refractivity contribution >= 4 is 23.9 Å². The largest absolute Gasteiger partial charge is 0.461 e. The Morgan fingerprint density at radius 3 is 2.05 bits per heavy atom. The third-order valence-electron chi connectivity index (χ3n) is 8.90. The number of carbonyl (C=O) groups is 4. The summed E-state index contributed by atoms with van der Waals surface area (Å²) in [5, 5.41) is 0. The van der Waals surface area contributed by atoms with E-state index in [2.05, 4.69) is 30.8 Å². The molecule has 2 atom stereocenters. The third kappa shape index (κ3) is 7.14. The first-order valence-corrected chi connectivity index (χ1v) is 15.6. The van der Waals surface area contributed by atoms with Gasteiger partial charge >= 0.3 is 12.1 Å². The number of hydrogen-bond donors (Lipinski definition) is 0. The second-order valence-corrected chi connectivity index (χ2v) is 11.8. The molecule has 0 aromatic heterocycles. The molecular formula is C35H45N3O6. The van der Waals surface area contributed by atoms with Crippen LogP contribution in [0.5, 0.6) is 0 Å². The lowest BCUT2D eigenvalue weighted by atomic mass is 9.95. The van der Waals surface area contributed by atoms with Gasteiger partial charge in [0, 0.05) is 33.6 Å². The van der Waals surface area contributed by atoms with Gasteiger partial charge in [-0.1, -0.05) is 81.0 Å². The molecule has 0 radical (unpaired) electrons. The van der Waals surface area contributed by atoms with E-state index in [0.717, 1.165) is 54.4 Å². The Labute approximate surface area is 260 Å². The van der Waals surface area contributed by atoms with E-state index in [-0.39, 0.29) is 37.4 Å². The number of hydrogen-bond acceptors (Lipinski definition) is 6. The third-order valence-corrected chi connectivity index (χ3v) is 8.90. The van der Waals surface area contributed by atoms with Crippen molar-refractivity contribution in [2.75, 3.05) is 40.9 Å². The van der Waals surface area contributed by atoms with Crippen molar-refractivity contribution in [1.29, 1.82) is 0 Å². The van der Waals surface area contributed by atoms with E-state index in [4.69, 9.17) is 9.47 Å². The minimum absolute atomic E-state index is 0.0113. The monoisotopic (exact) mass is 603 g/mol. The quantitative estimate of drug-likeness (QED) is 0.230. The van der Waals surface area contributed by atoms with Gasteiger partial charge in [-0.15, -0.1) is 0 Å². The summed E-state index contributed by atoms with van der Waals surface area (Å²) in [5.41, 5.74) is 4.48. The fraction of sp³-hybridized carbons (Fsp3) is 0.486. The maximum atomic E-state index is 14.2. The van der Waals surface area contributed by atoms with Crippen molar-refractivity contribution in [3.8, 4) is 11.1 Å². The van der Waals surface area contributed by atoms with E-state index >= 15 is 0 Å². The van der Waals surface area contributed by atoms with E-state index in [0.29, 0.717) is 6.54 Å². The second-order valence-electron chi connectivity index (χ2n) is 11.8. The molecular weight excluding hydrogens is 558 g/mol. The Balaban J connectivity index is 1.54. The number of fused-ring (bicyclic) bond motifs is 3. The van der Waals surface area contributed by atoms with Crippen LogP contribution in [0.15, 0.2) is 61.2 Å². The van der Waals surface area contributed by atoms with E-state index < -0.39 is 30.1 Å². The molecule has 3 amide bonds. The van der Waals surface area contributed by atoms with Crippen LogP contribution in [0.3, 0.4) is 0 Å². The molecule has 44 heavy (non-hydrogen) atoms. The fourth-order valence-corrected chi connectivity index (χ4v) is 6.59. The number of likely N-dealkylation sites (N-methyl/N-ethyl adjacent to an activating group) is 3. The topological polar surface area (TPSA) is 96.5 Å². The molecule has 4 rings (SSSR count). The van der Waals surface area contributed by atoms with Crippen LogP contribution in [0.25, 0.3) is 11.1 Å². The summed E-state index contributed by atoms with van der Waals surface area (Å²) in [6, 6.07) is 14.3. The summed E-state index contributed by atoms with van der Waals surface area (Å²) >= 11 is 0. The van der Waals surface area contributed by atoms with Crippen LogP contribution in [-0.2, 0) is 23.9 Å². The molecule has 0 bridgehead atoms. The summed E-state index contributed by atoms with van der Waals surface area (Å²) in [7, 11) is 4.77. The van der Waals surface area contributed by atoms with Crippen LogP contribution in [0.1, 0.15) is 62.5 Å². The van der Waals surface area contributed by atoms with Crippen molar-refractivity contribution in [3.05, 3.63) is 72.3 Å². The summed E-state index contributed by atoms with van der Waals surface area (Å²) in [5.74, 6) is -1.55. The molecule has 0 saturated heterocycles. The molecule has 0 aliphatic heterocycles. The standard InChI is InChI=1S/C35H45N3O6/c1-6-20-36(3)33(40)30(22-31(39)43-21-7-2)37(4)34(41)32(24-14-8-9-15-24)38(5)35(42)44-23-29-27-18-12-10-16-25(27)26-17-11-13-19-28(26)29/h7,10-13,16-19,24,29-30,32H,2,6,8-9,14-15,20-23H2,1,3-5H3/t30-,32?/m0/s1. The van der Waals surface area contributed by atoms with Crippen molar-refractivity contribution < 1.29 is 28.7 Å². The van der Waals surface area contributed by atoms with Crippen LogP contribution in [0, 0.1) is 5.92 Å². The Morgan fingerprint density at radius 2 is 1.48 bits per heavy atom. The molecule has 236 valence electrons. The number of carbonyl (C=O) groups excluding carboxylic acids is 4. The lowest BCUT2D eigenvalue weighted by Crippen LogP contribution is -2.57. The fourth-order valence-electron chi connectivity index (χ4n) is 6.59. The molecule has 9 nitrogen and oxygen atoms in total. The Hall–Kier alpha value is -4.14. The molecule has 2 aliphatic carbocycles. The zero-order valence-corrected chi connectivity index (χ0v) is 26.4. The minimum atomic E-state index is -1.07. The zero-order chi connectivity index (χ0) is 31.8. The average molecular weight is 604 g/mol. The molecule has 1 unspecified atom stereocenters. The van der Waals surface area contributed by atoms with Gasteiger partial charge in [0.25, 0.3) is 0 Å². The van der Waals surface area contributed by atoms with Crippen molar-refractivity contribution in [1.82, 2.24) is 14.7 Å². The number of amides is 3. The Morgan fingerprint density at radius 1 is 0.886 bits per heavy atom. The van der Waals surface area contributed by atoms with Crippen LogP contribution in [-0.4, -0.2) is 91.6 Å². The molecule has 0 N–H and O–H groups in total. The SMILES string of the molecule is C=CCOC(=O)C[C@@H](C(=O)N(C)CCC)N(C)C(=O)C(C1CCCC1)N(C)C(=O)OCC1c2ccccc2-c2ccccc21. The number of benzene rings is 2. The normalized spacial score (nSPS) is 15.5. The molecule has 9 heteroatoms. The van der Waals surface area contributed by atoms with E-state index in [9.17, 15) is 19.2 Å². The molecule has 0 spiro atoms. The lowest BCUT2D eigenvalue weighted by molar-refractivity contribution is -0.153. The van der Waals surface area contributed by atoms with Gasteiger partial charge in [0.05, 0.1) is 6.42 Å². The minimum Gasteiger partial charge on any atom is -0.461 e. The maximum Gasteiger partial charge on any atom is 0.410 e. The van der Waals surface area contributed by atoms with Gasteiger partial charge in [0.15, 0.2) is 0 Å². The number of ether oxygens (including phenoxy) is 2. The highest BCUT2D eigenvalue weighted by atomic mass is 16.6. The van der Waals surface area contributed by atoms with E-state index in [1.807, 2.05) is 31.2 Å². The van der Waals surface area contributed by atoms with Crippen molar-refractivity contribution in [2.45, 2.75) is 63.5 Å². The van der Waals surface area contributed by atoms with Crippen LogP contribution in [0.2, 0.25) is 0 Å². The summed E-state index contributed by atoms with van der Waals surface area (Å²) in [4.78, 5) is 58.2. The number of nitrogens with zero attached hydrogens (tertiary/aromatic N) is 3. The predicted octanol–water partition coefficient (Wildman–Crippen LogP) is 5.24. The highest BCUT2D eigenvalue weighted by Crippen LogP contribution is 2.44. The average Bonchev–Trinajstić information content (AvgIpc) is 3.67. The highest BCUT2D eigenvalue weighted by molar-refractivity contribution is 5.93. The summed E-state index contributed by atoms with van der Waals surface area (Å²) in [6.07, 6.45) is 4.74. The van der Waals surface area contributed by atoms with Crippen molar-refractivity contribution in [3.63, 3.8) is 0 Å². The first-order chi connectivity index (χ1) is 21.2. The van der Waals surface area contributed by atoms with Gasteiger partial charge in [-0.05, 0) is 47.4 Å². The van der Waals surface area contributed by atoms with Gasteiger partial charge in [0.2, 0.25) is 11.8 Å². The van der Waals surface area contributed by atoms with Gasteiger partial charge < -0.3 is 19.3 Å². The Kier molecular flexibility index (Phi) is 11.2. The number of esters is 1. The first kappa shape index (κ1) is 32.8. The lowest BCUT2D eigenvalue weighted by Gasteiger charge is -2.37. The van der Waals surface area contributed by atoms with Crippen LogP contribution in [0.4, 0.5) is 4.79 Å². The summed E-state index contributed by atoms with van der Waals surface area (Å²) < 4.78 is 11.1. The van der Waals surface area contributed by atoms with Crippen LogP contribution < -0.4 is 0 Å².